The smallest absolute Gasteiger partial charge is 0.405 e. The Morgan fingerprint density at radius 2 is 1.61 bits per heavy atom. The number of imidazole rings is 2. The van der Waals surface area contributed by atoms with E-state index in [0.717, 1.165) is 0 Å². The monoisotopic (exact) mass is 1050 g/mol. The molecule has 0 radical (unpaired) electrons. The van der Waals surface area contributed by atoms with Gasteiger partial charge in [0.1, 0.15) is 12.6 Å². The van der Waals surface area contributed by atoms with Crippen LogP contribution in [0.5, 0.6) is 0 Å². The molecule has 0 bridgehead atoms. The van der Waals surface area contributed by atoms with Crippen LogP contribution >= 0.6 is 15.5 Å². The minimum absolute atomic E-state index is 0.0323. The number of amides is 2. The molecule has 2 saturated heterocycles. The van der Waals surface area contributed by atoms with Crippen molar-refractivity contribution in [2.45, 2.75) is 115 Å². The second-order valence-electron chi connectivity index (χ2n) is 18.8. The number of aromatic nitrogens is 8. The molecule has 0 saturated carbocycles. The summed E-state index contributed by atoms with van der Waals surface area (Å²) in [6.07, 6.45) is -0.293. The average molecular weight is 1050 g/mol. The molecule has 2 aliphatic rings. The topological polar surface area (TPSA) is 350 Å². The summed E-state index contributed by atoms with van der Waals surface area (Å²) in [6.45, 7) is 12.4. The molecule has 0 spiro atoms. The highest BCUT2D eigenvalue weighted by molar-refractivity contribution is 7.51. The number of carbonyl (C=O) groups is 2. The number of rotatable bonds is 22. The summed E-state index contributed by atoms with van der Waals surface area (Å²) < 4.78 is 73.8. The number of anilines is 2. The summed E-state index contributed by atoms with van der Waals surface area (Å²) in [5.41, 5.74) is 6.23. The molecule has 386 valence electrons. The van der Waals surface area contributed by atoms with Gasteiger partial charge in [-0.1, -0.05) is 52.8 Å². The van der Waals surface area contributed by atoms with Crippen molar-refractivity contribution in [1.29, 1.82) is 10.5 Å². The van der Waals surface area contributed by atoms with Gasteiger partial charge in [0.15, 0.2) is 42.7 Å². The molecule has 6 heterocycles. The van der Waals surface area contributed by atoms with E-state index in [2.05, 4.69) is 79.5 Å². The van der Waals surface area contributed by atoms with Gasteiger partial charge in [-0.05, 0) is 30.3 Å². The van der Waals surface area contributed by atoms with Gasteiger partial charge < -0.3 is 19.2 Å². The Labute approximate surface area is 415 Å². The number of nitrogens with zero attached hydrogens (tertiary/aromatic N) is 9. The van der Waals surface area contributed by atoms with E-state index in [-0.39, 0.29) is 79.4 Å². The molecule has 5 aromatic rings. The molecule has 26 nitrogen and oxygen atoms in total. The van der Waals surface area contributed by atoms with Crippen molar-refractivity contribution in [3.8, 4) is 12.1 Å². The zero-order valence-electron chi connectivity index (χ0n) is 40.7. The lowest BCUT2D eigenvalue weighted by Gasteiger charge is -2.39. The third kappa shape index (κ3) is 12.9. The predicted molar refractivity (Wildman–Crippen MR) is 261 cm³/mol. The number of fused-ring (bicyclic) bond motifs is 2. The van der Waals surface area contributed by atoms with E-state index in [1.807, 2.05) is 12.1 Å². The van der Waals surface area contributed by atoms with Crippen molar-refractivity contribution in [2.75, 3.05) is 37.1 Å². The summed E-state index contributed by atoms with van der Waals surface area (Å²) in [6, 6.07) is 11.5. The predicted octanol–water partition coefficient (Wildman–Crippen LogP) is 5.80. The van der Waals surface area contributed by atoms with Gasteiger partial charge in [0.25, 0.3) is 11.5 Å². The lowest BCUT2D eigenvalue weighted by molar-refractivity contribution is -0.118. The minimum atomic E-state index is -4.46. The van der Waals surface area contributed by atoms with Crippen LogP contribution in [0.2, 0.25) is 18.1 Å². The fourth-order valence-corrected chi connectivity index (χ4v) is 11.1. The highest BCUT2D eigenvalue weighted by Gasteiger charge is 2.48. The summed E-state index contributed by atoms with van der Waals surface area (Å²) >= 11 is 0. The van der Waals surface area contributed by atoms with Crippen molar-refractivity contribution in [1.82, 2.24) is 44.1 Å². The average Bonchev–Trinajstić information content (AvgIpc) is 4.13. The maximum atomic E-state index is 15.0. The van der Waals surface area contributed by atoms with Crippen molar-refractivity contribution in [3.05, 3.63) is 65.2 Å². The molecule has 2 aliphatic heterocycles. The molecule has 2 fully saturated rings. The van der Waals surface area contributed by atoms with Crippen LogP contribution < -0.4 is 26.8 Å². The summed E-state index contributed by atoms with van der Waals surface area (Å²) in [4.78, 5) is 63.3. The number of aromatic amines is 1. The molecule has 4 aromatic heterocycles. The van der Waals surface area contributed by atoms with Gasteiger partial charge in [0.2, 0.25) is 11.9 Å². The quantitative estimate of drug-likeness (QED) is 0.0310. The van der Waals surface area contributed by atoms with Gasteiger partial charge in [-0.3, -0.25) is 51.9 Å². The van der Waals surface area contributed by atoms with Crippen molar-refractivity contribution < 1.29 is 50.7 Å². The van der Waals surface area contributed by atoms with Gasteiger partial charge in [0.05, 0.1) is 88.4 Å². The Balaban J connectivity index is 1.15. The van der Waals surface area contributed by atoms with Gasteiger partial charge in [-0.2, -0.15) is 15.5 Å². The van der Waals surface area contributed by atoms with E-state index >= 15 is 0 Å². The van der Waals surface area contributed by atoms with E-state index in [0.29, 0.717) is 16.7 Å². The van der Waals surface area contributed by atoms with E-state index < -0.39 is 84.6 Å². The van der Waals surface area contributed by atoms with Crippen LogP contribution in [0, 0.1) is 28.6 Å². The molecule has 2 unspecified atom stereocenters. The number of carbonyl (C=O) groups excluding carboxylic acids is 2. The molecular formula is C43H58N14O12P2Si. The third-order valence-electron chi connectivity index (χ3n) is 12.2. The zero-order valence-corrected chi connectivity index (χ0v) is 43.5. The third-order valence-corrected chi connectivity index (χ3v) is 19.4. The lowest BCUT2D eigenvalue weighted by atomic mass is 10.1. The number of nitrogens with two attached hydrogens (primary N) is 1. The highest BCUT2D eigenvalue weighted by atomic mass is 31.2. The van der Waals surface area contributed by atoms with E-state index in [4.69, 9.17) is 42.8 Å². The van der Waals surface area contributed by atoms with Crippen LogP contribution in [-0.2, 0) is 45.9 Å². The Bertz CT molecular complexity index is 2990. The van der Waals surface area contributed by atoms with Gasteiger partial charge in [-0.25, -0.2) is 39.7 Å². The highest BCUT2D eigenvalue weighted by Crippen LogP contribution is 2.50. The molecule has 72 heavy (non-hydrogen) atoms. The first-order valence-corrected chi connectivity index (χ1v) is 29.1. The zero-order chi connectivity index (χ0) is 52.0. The van der Waals surface area contributed by atoms with Gasteiger partial charge >= 0.3 is 15.5 Å². The number of hydrogen-bond donors (Lipinski definition) is 5. The maximum Gasteiger partial charge on any atom is 0.405 e. The molecule has 0 aliphatic carbocycles. The number of ether oxygens (including phenoxy) is 2. The SMILES string of the molecule is CC(C)C(=O)Nc1nc2c(ncn2[C@H]2C[C@H](NP(=O)(OCCC#N)OC[C@@H]3C[C@@H](O[Si](C)(C)C(C)(C)C)[C@H](n4cnc5c(NC(=O)c6ccccc6)ncnc54)O3)[C@@H](COP(N)(=O)OCCC#N)O2)c(=O)[nH]1. The summed E-state index contributed by atoms with van der Waals surface area (Å²) in [7, 11) is -11.2. The van der Waals surface area contributed by atoms with Crippen molar-refractivity contribution in [3.63, 3.8) is 0 Å². The summed E-state index contributed by atoms with van der Waals surface area (Å²) in [5, 5.41) is 26.5. The fourth-order valence-electron chi connectivity index (χ4n) is 7.42. The first-order valence-electron chi connectivity index (χ1n) is 23.0. The second kappa shape index (κ2) is 22.6. The molecule has 1 aromatic carbocycles. The van der Waals surface area contributed by atoms with Crippen molar-refractivity contribution in [2.24, 2.45) is 11.4 Å². The van der Waals surface area contributed by atoms with Gasteiger partial charge in [-0.15, -0.1) is 0 Å². The summed E-state index contributed by atoms with van der Waals surface area (Å²) in [5.74, 6) is -1.18. The second-order valence-corrected chi connectivity index (χ2v) is 26.9. The molecular weight excluding hydrogens is 995 g/mol. The Hall–Kier alpha value is -5.64. The number of H-pyrrole nitrogens is 1. The number of nitriles is 2. The number of nitrogens with one attached hydrogen (secondary N) is 4. The number of hydrogen-bond acceptors (Lipinski definition) is 19. The molecule has 2 amide bonds. The van der Waals surface area contributed by atoms with Crippen LogP contribution in [0.15, 0.2) is 54.1 Å². The van der Waals surface area contributed by atoms with Crippen molar-refractivity contribution >= 4 is 69.7 Å². The van der Waals surface area contributed by atoms with Gasteiger partial charge in [0, 0.05) is 24.3 Å². The first kappa shape index (κ1) is 54.1. The van der Waals surface area contributed by atoms with Crippen LogP contribution in [0.4, 0.5) is 11.8 Å². The first-order chi connectivity index (χ1) is 34.1. The van der Waals surface area contributed by atoms with Crippen LogP contribution in [-0.4, -0.2) is 110 Å². The fraction of sp³-hybridized carbons (Fsp3) is 0.535. The largest absolute Gasteiger partial charge is 0.409 e. The Kier molecular flexibility index (Phi) is 17.0. The van der Waals surface area contributed by atoms with Crippen LogP contribution in [0.25, 0.3) is 22.3 Å². The van der Waals surface area contributed by atoms with Crippen LogP contribution in [0.1, 0.15) is 83.1 Å². The van der Waals surface area contributed by atoms with E-state index in [1.54, 1.807) is 48.7 Å². The molecule has 7 rings (SSSR count). The van der Waals surface area contributed by atoms with E-state index in [9.17, 15) is 28.8 Å². The Morgan fingerprint density at radius 1 is 0.917 bits per heavy atom. The molecule has 29 heteroatoms. The molecule has 6 N–H and O–H groups in total. The molecule has 8 atom stereocenters. The normalized spacial score (nSPS) is 22.1. The van der Waals surface area contributed by atoms with Crippen LogP contribution in [0.3, 0.4) is 0 Å². The minimum Gasteiger partial charge on any atom is -0.409 e. The maximum absolute atomic E-state index is 15.0. The lowest BCUT2D eigenvalue weighted by Crippen LogP contribution is -2.45. The standard InChI is InChI=1S/C43H58N14O12P2Si/c1-26(2)38(58)53-42-52-37-34(40(60)54-42)50-24-56(37)32-20-29(31(68-32)22-65-70(46,61)63-17-11-15-44)55-71(62,64-18-12-16-45)66-21-28-19-30(69-72(6,7)43(3,4)5)41(67-28)57-25-49-33-35(47-23-48-36(33)57)51-39(59)27-13-9-8-10-14-27/h8-10,13-14,23-26,28-32,41H,11-12,17-22H2,1-7H3,(H2,46,61)(H,55,62)(H,47,48,51,59)(H2,52,53,54,58,60)/t28-,29-,30+,31+,32+,41+,70?,71?/m0/s1. The number of benzene rings is 1. The van der Waals surface area contributed by atoms with E-state index in [1.165, 1.54) is 23.5 Å². The Morgan fingerprint density at radius 3 is 2.31 bits per heavy atom.